The van der Waals surface area contributed by atoms with Crippen LogP contribution in [-0.4, -0.2) is 11.1 Å². The molecule has 0 aromatic carbocycles. The second-order valence-electron chi connectivity index (χ2n) is 3.26. The van der Waals surface area contributed by atoms with Gasteiger partial charge >= 0.3 is 0 Å². The Morgan fingerprint density at radius 2 is 1.80 bits per heavy atom. The van der Waals surface area contributed by atoms with E-state index in [9.17, 15) is 0 Å². The van der Waals surface area contributed by atoms with Crippen molar-refractivity contribution >= 4 is 0 Å². The Kier molecular flexibility index (Phi) is 2.63. The molecule has 0 aromatic heterocycles. The highest BCUT2D eigenvalue weighted by atomic mass is 14.9. The van der Waals surface area contributed by atoms with Gasteiger partial charge in [0.2, 0.25) is 0 Å². The quantitative estimate of drug-likeness (QED) is 0.578. The van der Waals surface area contributed by atoms with E-state index in [-0.39, 0.29) is 5.54 Å². The third-order valence-electron chi connectivity index (χ3n) is 2.39. The van der Waals surface area contributed by atoms with Gasteiger partial charge in [0.05, 0.1) is 0 Å². The van der Waals surface area contributed by atoms with Crippen LogP contribution in [0.25, 0.3) is 0 Å². The molecule has 2 heteroatoms. The molecule has 0 aliphatic heterocycles. The maximum absolute atomic E-state index is 5.91. The highest BCUT2D eigenvalue weighted by Gasteiger charge is 2.33. The molecule has 4 N–H and O–H groups in total. The lowest BCUT2D eigenvalue weighted by molar-refractivity contribution is 0.307. The molecule has 0 aliphatic carbocycles. The van der Waals surface area contributed by atoms with Crippen molar-refractivity contribution in [1.82, 2.24) is 0 Å². The minimum Gasteiger partial charge on any atom is -0.324 e. The Hall–Kier alpha value is -0.340. The summed E-state index contributed by atoms with van der Waals surface area (Å²) in [5.74, 6) is 0. The molecule has 2 unspecified atom stereocenters. The molecule has 0 aliphatic rings. The standard InChI is InChI=1S/C8H18N2/c1-5-7(3,9)8(4,10)6-2/h5H,1,6,9-10H2,2-4H3. The topological polar surface area (TPSA) is 52.0 Å². The minimum atomic E-state index is -0.470. The Morgan fingerprint density at radius 3 is 1.90 bits per heavy atom. The summed E-state index contributed by atoms with van der Waals surface area (Å²) in [7, 11) is 0. The van der Waals surface area contributed by atoms with Crippen molar-refractivity contribution in [2.24, 2.45) is 11.5 Å². The monoisotopic (exact) mass is 142 g/mol. The van der Waals surface area contributed by atoms with Gasteiger partial charge in [-0.15, -0.1) is 6.58 Å². The molecule has 0 rings (SSSR count). The molecular formula is C8H18N2. The Morgan fingerprint density at radius 1 is 1.40 bits per heavy atom. The van der Waals surface area contributed by atoms with Crippen molar-refractivity contribution in [2.45, 2.75) is 38.3 Å². The molecule has 0 heterocycles. The average molecular weight is 142 g/mol. The molecule has 0 aromatic rings. The van der Waals surface area contributed by atoms with E-state index in [4.69, 9.17) is 11.5 Å². The number of nitrogens with two attached hydrogens (primary N) is 2. The van der Waals surface area contributed by atoms with Crippen LogP contribution in [0, 0.1) is 0 Å². The predicted molar refractivity (Wildman–Crippen MR) is 45.7 cm³/mol. The van der Waals surface area contributed by atoms with Crippen LogP contribution < -0.4 is 11.5 Å². The minimum absolute atomic E-state index is 0.352. The van der Waals surface area contributed by atoms with Crippen LogP contribution in [0.3, 0.4) is 0 Å². The first-order valence-corrected chi connectivity index (χ1v) is 3.58. The fourth-order valence-corrected chi connectivity index (χ4v) is 0.614. The summed E-state index contributed by atoms with van der Waals surface area (Å²) in [6, 6.07) is 0. The summed E-state index contributed by atoms with van der Waals surface area (Å²) in [6.45, 7) is 9.50. The highest BCUT2D eigenvalue weighted by molar-refractivity contribution is 5.11. The predicted octanol–water partition coefficient (Wildman–Crippen LogP) is 1.02. The SMILES string of the molecule is C=CC(C)(N)C(C)(N)CC. The number of hydrogen-bond acceptors (Lipinski definition) is 2. The molecule has 0 spiro atoms. The van der Waals surface area contributed by atoms with Gasteiger partial charge in [0.25, 0.3) is 0 Å². The van der Waals surface area contributed by atoms with Crippen LogP contribution in [0.2, 0.25) is 0 Å². The second-order valence-corrected chi connectivity index (χ2v) is 3.26. The van der Waals surface area contributed by atoms with Crippen LogP contribution in [-0.2, 0) is 0 Å². The zero-order valence-electron chi connectivity index (χ0n) is 7.15. The van der Waals surface area contributed by atoms with Crippen molar-refractivity contribution in [1.29, 1.82) is 0 Å². The fourth-order valence-electron chi connectivity index (χ4n) is 0.614. The normalized spacial score (nSPS) is 22.9. The van der Waals surface area contributed by atoms with E-state index in [0.29, 0.717) is 0 Å². The van der Waals surface area contributed by atoms with Crippen LogP contribution in [0.15, 0.2) is 12.7 Å². The van der Waals surface area contributed by atoms with Crippen LogP contribution >= 0.6 is 0 Å². The summed E-state index contributed by atoms with van der Waals surface area (Å²) >= 11 is 0. The maximum atomic E-state index is 5.91. The van der Waals surface area contributed by atoms with Crippen molar-refractivity contribution in [3.05, 3.63) is 12.7 Å². The van der Waals surface area contributed by atoms with Crippen molar-refractivity contribution in [3.8, 4) is 0 Å². The van der Waals surface area contributed by atoms with Gasteiger partial charge in [-0.05, 0) is 20.3 Å². The van der Waals surface area contributed by atoms with Crippen molar-refractivity contribution in [3.63, 3.8) is 0 Å². The summed E-state index contributed by atoms with van der Waals surface area (Å²) in [4.78, 5) is 0. The van der Waals surface area contributed by atoms with Crippen LogP contribution in [0.5, 0.6) is 0 Å². The van der Waals surface area contributed by atoms with Crippen molar-refractivity contribution in [2.75, 3.05) is 0 Å². The Labute approximate surface area is 63.3 Å². The first-order chi connectivity index (χ1) is 4.37. The van der Waals surface area contributed by atoms with Gasteiger partial charge < -0.3 is 11.5 Å². The van der Waals surface area contributed by atoms with Crippen LogP contribution in [0.4, 0.5) is 0 Å². The van der Waals surface area contributed by atoms with E-state index in [2.05, 4.69) is 6.58 Å². The van der Waals surface area contributed by atoms with E-state index in [0.717, 1.165) is 6.42 Å². The number of rotatable bonds is 3. The first-order valence-electron chi connectivity index (χ1n) is 3.58. The third kappa shape index (κ3) is 1.58. The van der Waals surface area contributed by atoms with Gasteiger partial charge in [-0.1, -0.05) is 13.0 Å². The average Bonchev–Trinajstić information content (AvgIpc) is 1.88. The lowest BCUT2D eigenvalue weighted by atomic mass is 9.79. The van der Waals surface area contributed by atoms with E-state index < -0.39 is 5.54 Å². The lowest BCUT2D eigenvalue weighted by Gasteiger charge is -2.37. The Balaban J connectivity index is 4.43. The summed E-state index contributed by atoms with van der Waals surface area (Å²) in [5.41, 5.74) is 10.9. The van der Waals surface area contributed by atoms with Gasteiger partial charge in [0, 0.05) is 11.1 Å². The molecule has 0 bridgehead atoms. The summed E-state index contributed by atoms with van der Waals surface area (Å²) in [6.07, 6.45) is 2.56. The van der Waals surface area contributed by atoms with Gasteiger partial charge in [-0.2, -0.15) is 0 Å². The molecule has 2 nitrogen and oxygen atoms in total. The first kappa shape index (κ1) is 9.66. The van der Waals surface area contributed by atoms with E-state index in [1.54, 1.807) is 6.08 Å². The summed E-state index contributed by atoms with van der Waals surface area (Å²) in [5, 5.41) is 0. The molecule has 10 heavy (non-hydrogen) atoms. The van der Waals surface area contributed by atoms with Gasteiger partial charge in [-0.3, -0.25) is 0 Å². The molecule has 0 saturated carbocycles. The third-order valence-corrected chi connectivity index (χ3v) is 2.39. The molecule has 0 fully saturated rings. The maximum Gasteiger partial charge on any atom is 0.0487 e. The zero-order chi connectivity index (χ0) is 8.41. The largest absolute Gasteiger partial charge is 0.324 e. The molecule has 0 amide bonds. The highest BCUT2D eigenvalue weighted by Crippen LogP contribution is 2.20. The van der Waals surface area contributed by atoms with Gasteiger partial charge in [0.1, 0.15) is 0 Å². The van der Waals surface area contributed by atoms with Crippen molar-refractivity contribution < 1.29 is 0 Å². The lowest BCUT2D eigenvalue weighted by Crippen LogP contribution is -2.60. The molecule has 0 radical (unpaired) electrons. The smallest absolute Gasteiger partial charge is 0.0487 e. The Bertz CT molecular complexity index is 125. The molecule has 60 valence electrons. The second kappa shape index (κ2) is 2.72. The van der Waals surface area contributed by atoms with Gasteiger partial charge in [0.15, 0.2) is 0 Å². The molecule has 2 atom stereocenters. The van der Waals surface area contributed by atoms with E-state index >= 15 is 0 Å². The van der Waals surface area contributed by atoms with E-state index in [1.807, 2.05) is 20.8 Å². The van der Waals surface area contributed by atoms with E-state index in [1.165, 1.54) is 0 Å². The van der Waals surface area contributed by atoms with Crippen LogP contribution in [0.1, 0.15) is 27.2 Å². The molecular weight excluding hydrogens is 124 g/mol. The summed E-state index contributed by atoms with van der Waals surface area (Å²) < 4.78 is 0. The van der Waals surface area contributed by atoms with Gasteiger partial charge in [-0.25, -0.2) is 0 Å². The zero-order valence-corrected chi connectivity index (χ0v) is 7.15. The molecule has 0 saturated heterocycles. The fraction of sp³-hybridized carbons (Fsp3) is 0.750. The number of hydrogen-bond donors (Lipinski definition) is 2.